The number of amides is 1. The summed E-state index contributed by atoms with van der Waals surface area (Å²) in [5, 5.41) is 41.9. The largest absolute Gasteiger partial charge is 0.493 e. The molecule has 3 rings (SSSR count). The van der Waals surface area contributed by atoms with Gasteiger partial charge in [-0.3, -0.25) is 4.79 Å². The molecule has 38 heavy (non-hydrogen) atoms. The molecule has 206 valence electrons. The van der Waals surface area contributed by atoms with Gasteiger partial charge in [0.15, 0.2) is 29.1 Å². The minimum atomic E-state index is -1.83. The molecular weight excluding hydrogens is 502 g/mol. The van der Waals surface area contributed by atoms with Crippen LogP contribution < -0.4 is 24.3 Å². The van der Waals surface area contributed by atoms with Gasteiger partial charge in [0.05, 0.1) is 21.3 Å². The minimum absolute atomic E-state index is 0.0841. The molecule has 1 heterocycles. The van der Waals surface area contributed by atoms with Crippen LogP contribution in [0, 0.1) is 0 Å². The maximum atomic E-state index is 12.3. The molecule has 5 atom stereocenters. The van der Waals surface area contributed by atoms with E-state index in [0.717, 1.165) is 5.56 Å². The Balaban J connectivity index is 1.59. The van der Waals surface area contributed by atoms with E-state index < -0.39 is 36.7 Å². The normalized spacial score (nSPS) is 23.1. The lowest BCUT2D eigenvalue weighted by atomic mass is 9.99. The van der Waals surface area contributed by atoms with Gasteiger partial charge >= 0.3 is 5.97 Å². The van der Waals surface area contributed by atoms with E-state index >= 15 is 0 Å². The predicted molar refractivity (Wildman–Crippen MR) is 133 cm³/mol. The van der Waals surface area contributed by atoms with E-state index in [1.165, 1.54) is 19.3 Å². The fraction of sp³-hybridized carbons (Fsp3) is 0.385. The maximum absolute atomic E-state index is 12.3. The zero-order chi connectivity index (χ0) is 27.8. The molecule has 1 aliphatic rings. The number of hydrogen-bond donors (Lipinski definition) is 5. The SMILES string of the molecule is COc1ccc(CCNC(=O)/C=C/c2ccc(OC3OC(C(=O)O)C(O)C(O)C3O)c(OC)c2)cc1OC. The van der Waals surface area contributed by atoms with Gasteiger partial charge in [-0.05, 0) is 47.9 Å². The molecule has 5 unspecified atom stereocenters. The monoisotopic (exact) mass is 533 g/mol. The van der Waals surface area contributed by atoms with Gasteiger partial charge in [-0.15, -0.1) is 0 Å². The van der Waals surface area contributed by atoms with Gasteiger partial charge in [-0.25, -0.2) is 4.79 Å². The zero-order valence-electron chi connectivity index (χ0n) is 21.1. The van der Waals surface area contributed by atoms with E-state index in [1.54, 1.807) is 38.5 Å². The van der Waals surface area contributed by atoms with Crippen molar-refractivity contribution in [2.45, 2.75) is 37.1 Å². The second-order valence-electron chi connectivity index (χ2n) is 8.33. The number of benzene rings is 2. The van der Waals surface area contributed by atoms with Crippen molar-refractivity contribution in [1.29, 1.82) is 0 Å². The standard InChI is InChI=1S/C26H31NO11/c1-34-16-7-4-15(13-18(16)35-2)10-11-27-20(28)9-6-14-5-8-17(19(12-14)36-3)37-26-23(31)21(29)22(30)24(38-26)25(32)33/h4-9,12-13,21-24,26,29-31H,10-11H2,1-3H3,(H,27,28)(H,32,33)/b9-6+. The molecular formula is C26H31NO11. The summed E-state index contributed by atoms with van der Waals surface area (Å²) >= 11 is 0. The van der Waals surface area contributed by atoms with Gasteiger partial charge < -0.3 is 49.4 Å². The maximum Gasteiger partial charge on any atom is 0.335 e. The molecule has 5 N–H and O–H groups in total. The summed E-state index contributed by atoms with van der Waals surface area (Å²) in [6, 6.07) is 10.2. The molecule has 0 bridgehead atoms. The third kappa shape index (κ3) is 6.92. The summed E-state index contributed by atoms with van der Waals surface area (Å²) in [6.07, 6.45) is -5.22. The Labute approximate surface area is 219 Å². The van der Waals surface area contributed by atoms with Crippen LogP contribution in [0.1, 0.15) is 11.1 Å². The summed E-state index contributed by atoms with van der Waals surface area (Å²) in [6.45, 7) is 0.399. The summed E-state index contributed by atoms with van der Waals surface area (Å²) in [5.41, 5.74) is 1.56. The first-order valence-corrected chi connectivity index (χ1v) is 11.6. The first kappa shape index (κ1) is 28.7. The first-order chi connectivity index (χ1) is 18.2. The number of rotatable bonds is 11. The molecule has 1 saturated heterocycles. The molecule has 2 aromatic rings. The molecule has 0 aromatic heterocycles. The number of carboxylic acid groups (broad SMARTS) is 1. The molecule has 1 aliphatic heterocycles. The van der Waals surface area contributed by atoms with Gasteiger partial charge in [0.2, 0.25) is 12.2 Å². The third-order valence-electron chi connectivity index (χ3n) is 5.83. The summed E-state index contributed by atoms with van der Waals surface area (Å²) in [5.74, 6) is -0.316. The van der Waals surface area contributed by atoms with Crippen molar-refractivity contribution in [3.05, 3.63) is 53.6 Å². The summed E-state index contributed by atoms with van der Waals surface area (Å²) in [7, 11) is 4.48. The second-order valence-corrected chi connectivity index (χ2v) is 8.33. The topological polar surface area (TPSA) is 173 Å². The fourth-order valence-electron chi connectivity index (χ4n) is 3.76. The van der Waals surface area contributed by atoms with Crippen LogP contribution in [0.5, 0.6) is 23.0 Å². The lowest BCUT2D eigenvalue weighted by molar-refractivity contribution is -0.271. The Morgan fingerprint density at radius 3 is 2.21 bits per heavy atom. The van der Waals surface area contributed by atoms with Crippen LogP contribution in [0.15, 0.2) is 42.5 Å². The third-order valence-corrected chi connectivity index (χ3v) is 5.83. The van der Waals surface area contributed by atoms with E-state index in [9.17, 15) is 30.0 Å². The van der Waals surface area contributed by atoms with Gasteiger partial charge in [0.1, 0.15) is 18.3 Å². The van der Waals surface area contributed by atoms with Gasteiger partial charge in [-0.2, -0.15) is 0 Å². The minimum Gasteiger partial charge on any atom is -0.493 e. The average Bonchev–Trinajstić information content (AvgIpc) is 2.92. The Morgan fingerprint density at radius 1 is 0.895 bits per heavy atom. The van der Waals surface area contributed by atoms with Gasteiger partial charge in [-0.1, -0.05) is 12.1 Å². The van der Waals surface area contributed by atoms with Crippen LogP contribution in [-0.4, -0.2) is 90.9 Å². The molecule has 12 heteroatoms. The fourth-order valence-corrected chi connectivity index (χ4v) is 3.76. The van der Waals surface area contributed by atoms with Crippen molar-refractivity contribution in [2.24, 2.45) is 0 Å². The molecule has 1 fully saturated rings. The number of methoxy groups -OCH3 is 3. The quantitative estimate of drug-likeness (QED) is 0.252. The molecule has 2 aromatic carbocycles. The number of carbonyl (C=O) groups excluding carboxylic acids is 1. The number of hydrogen-bond acceptors (Lipinski definition) is 10. The van der Waals surface area contributed by atoms with Gasteiger partial charge in [0.25, 0.3) is 0 Å². The highest BCUT2D eigenvalue weighted by Gasteiger charge is 2.48. The van der Waals surface area contributed by atoms with Crippen molar-refractivity contribution in [2.75, 3.05) is 27.9 Å². The molecule has 1 amide bonds. The van der Waals surface area contributed by atoms with Crippen molar-refractivity contribution in [1.82, 2.24) is 5.32 Å². The predicted octanol–water partition coefficient (Wildman–Crippen LogP) is 0.356. The number of carbonyl (C=O) groups is 2. The highest BCUT2D eigenvalue weighted by molar-refractivity contribution is 5.91. The van der Waals surface area contributed by atoms with Crippen molar-refractivity contribution < 1.29 is 53.7 Å². The zero-order valence-corrected chi connectivity index (χ0v) is 21.1. The van der Waals surface area contributed by atoms with Crippen molar-refractivity contribution >= 4 is 18.0 Å². The van der Waals surface area contributed by atoms with Crippen LogP contribution in [-0.2, 0) is 20.7 Å². The highest BCUT2D eigenvalue weighted by atomic mass is 16.7. The van der Waals surface area contributed by atoms with Crippen LogP contribution in [0.3, 0.4) is 0 Å². The number of nitrogens with one attached hydrogen (secondary N) is 1. The van der Waals surface area contributed by atoms with Crippen molar-refractivity contribution in [3.8, 4) is 23.0 Å². The Bertz CT molecular complexity index is 1150. The van der Waals surface area contributed by atoms with Crippen LogP contribution >= 0.6 is 0 Å². The second kappa shape index (κ2) is 13.1. The van der Waals surface area contributed by atoms with Crippen LogP contribution in [0.4, 0.5) is 0 Å². The van der Waals surface area contributed by atoms with E-state index in [4.69, 9.17) is 23.7 Å². The molecule has 12 nitrogen and oxygen atoms in total. The van der Waals surface area contributed by atoms with E-state index in [1.807, 2.05) is 12.1 Å². The molecule has 0 radical (unpaired) electrons. The summed E-state index contributed by atoms with van der Waals surface area (Å²) in [4.78, 5) is 23.5. The lowest BCUT2D eigenvalue weighted by Crippen LogP contribution is -2.61. The summed E-state index contributed by atoms with van der Waals surface area (Å²) < 4.78 is 26.5. The molecule has 0 saturated carbocycles. The van der Waals surface area contributed by atoms with E-state index in [2.05, 4.69) is 5.32 Å². The lowest BCUT2D eigenvalue weighted by Gasteiger charge is -2.38. The van der Waals surface area contributed by atoms with E-state index in [0.29, 0.717) is 30.0 Å². The smallest absolute Gasteiger partial charge is 0.335 e. The van der Waals surface area contributed by atoms with Crippen molar-refractivity contribution in [3.63, 3.8) is 0 Å². The van der Waals surface area contributed by atoms with Crippen LogP contribution in [0.2, 0.25) is 0 Å². The Kier molecular flexibility index (Phi) is 9.91. The Morgan fingerprint density at radius 2 is 1.55 bits per heavy atom. The Hall–Kier alpha value is -3.84. The number of carboxylic acids is 1. The number of aliphatic hydroxyl groups excluding tert-OH is 3. The van der Waals surface area contributed by atoms with Gasteiger partial charge in [0, 0.05) is 12.6 Å². The number of aliphatic carboxylic acids is 1. The number of aliphatic hydroxyl groups is 3. The first-order valence-electron chi connectivity index (χ1n) is 11.6. The van der Waals surface area contributed by atoms with E-state index in [-0.39, 0.29) is 17.4 Å². The highest BCUT2D eigenvalue weighted by Crippen LogP contribution is 2.32. The average molecular weight is 534 g/mol. The number of ether oxygens (including phenoxy) is 5. The molecule has 0 aliphatic carbocycles. The van der Waals surface area contributed by atoms with Crippen LogP contribution in [0.25, 0.3) is 6.08 Å². The molecule has 0 spiro atoms.